The van der Waals surface area contributed by atoms with Gasteiger partial charge in [0.1, 0.15) is 15.7 Å². The number of hydrogen-bond donors (Lipinski definition) is 0. The summed E-state index contributed by atoms with van der Waals surface area (Å²) in [7, 11) is -2.98. The quantitative estimate of drug-likeness (QED) is 0.792. The van der Waals surface area contributed by atoms with E-state index in [2.05, 4.69) is 11.1 Å². The molecule has 1 aromatic heterocycles. The molecule has 0 saturated heterocycles. The summed E-state index contributed by atoms with van der Waals surface area (Å²) in [6.07, 6.45) is 1.71. The van der Waals surface area contributed by atoms with Gasteiger partial charge in [-0.1, -0.05) is 0 Å². The molecule has 2 aromatic rings. The highest BCUT2D eigenvalue weighted by Gasteiger charge is 2.11. The van der Waals surface area contributed by atoms with Crippen LogP contribution in [0.25, 0.3) is 11.0 Å². The predicted molar refractivity (Wildman–Crippen MR) is 78.3 cm³/mol. The van der Waals surface area contributed by atoms with Crippen molar-refractivity contribution in [3.8, 4) is 6.07 Å². The average Bonchev–Trinajstić information content (AvgIpc) is 2.74. The van der Waals surface area contributed by atoms with Crippen LogP contribution in [0, 0.1) is 11.3 Å². The molecule has 0 radical (unpaired) electrons. The minimum absolute atomic E-state index is 0.117. The highest BCUT2D eigenvalue weighted by Crippen LogP contribution is 2.19. The van der Waals surface area contributed by atoms with Crippen molar-refractivity contribution in [1.29, 1.82) is 5.26 Å². The average molecular weight is 312 g/mol. The molecule has 106 valence electrons. The van der Waals surface area contributed by atoms with Crippen LogP contribution in [0.4, 0.5) is 0 Å². The van der Waals surface area contributed by atoms with Crippen LogP contribution in [0.15, 0.2) is 18.2 Å². The second kappa shape index (κ2) is 5.81. The minimum atomic E-state index is -2.98. The smallest absolute Gasteiger partial charge is 0.147 e. The fourth-order valence-electron chi connectivity index (χ4n) is 2.08. The van der Waals surface area contributed by atoms with Gasteiger partial charge < -0.3 is 4.57 Å². The molecule has 7 heteroatoms. The normalized spacial score (nSPS) is 11.7. The van der Waals surface area contributed by atoms with Crippen LogP contribution in [0.3, 0.4) is 0 Å². The zero-order chi connectivity index (χ0) is 14.8. The van der Waals surface area contributed by atoms with E-state index in [-0.39, 0.29) is 11.6 Å². The van der Waals surface area contributed by atoms with E-state index in [1.165, 1.54) is 6.26 Å². The van der Waals surface area contributed by atoms with Gasteiger partial charge in [-0.25, -0.2) is 13.4 Å². The Balaban J connectivity index is 2.36. The van der Waals surface area contributed by atoms with E-state index in [4.69, 9.17) is 16.9 Å². The van der Waals surface area contributed by atoms with Crippen LogP contribution in [-0.2, 0) is 22.3 Å². The molecule has 0 bridgehead atoms. The van der Waals surface area contributed by atoms with Crippen LogP contribution in [0.2, 0.25) is 0 Å². The molecule has 0 aliphatic heterocycles. The molecule has 0 aliphatic carbocycles. The van der Waals surface area contributed by atoms with Crippen molar-refractivity contribution >= 4 is 32.5 Å². The van der Waals surface area contributed by atoms with Crippen LogP contribution in [-0.4, -0.2) is 30.0 Å². The third kappa shape index (κ3) is 3.30. The maximum atomic E-state index is 11.2. The van der Waals surface area contributed by atoms with E-state index < -0.39 is 9.84 Å². The van der Waals surface area contributed by atoms with Crippen LogP contribution >= 0.6 is 11.6 Å². The summed E-state index contributed by atoms with van der Waals surface area (Å²) in [5.41, 5.74) is 2.12. The third-order valence-corrected chi connectivity index (χ3v) is 4.24. The number of benzene rings is 1. The molecule has 0 amide bonds. The van der Waals surface area contributed by atoms with Gasteiger partial charge in [0, 0.05) is 12.8 Å². The van der Waals surface area contributed by atoms with Gasteiger partial charge in [0.2, 0.25) is 0 Å². The topological polar surface area (TPSA) is 75.8 Å². The molecule has 2 rings (SSSR count). The van der Waals surface area contributed by atoms with Gasteiger partial charge in [-0.3, -0.25) is 0 Å². The Morgan fingerprint density at radius 2 is 2.20 bits per heavy atom. The first kappa shape index (κ1) is 14.8. The number of halogens is 1. The predicted octanol–water partition coefficient (Wildman–Crippen LogP) is 2.08. The van der Waals surface area contributed by atoms with Gasteiger partial charge in [0.25, 0.3) is 0 Å². The Bertz CT molecular complexity index is 775. The molecular formula is C13H14ClN3O2S. The molecule has 0 N–H and O–H groups in total. The standard InChI is InChI=1S/C13H14ClN3O2S/c1-20(18,19)6-2-5-17-12-7-10(9-15)3-4-11(12)16-13(17)8-14/h3-4,7H,2,5-6,8H2,1H3. The number of rotatable bonds is 5. The van der Waals surface area contributed by atoms with Crippen molar-refractivity contribution in [2.75, 3.05) is 12.0 Å². The number of sulfone groups is 1. The lowest BCUT2D eigenvalue weighted by Gasteiger charge is -2.07. The van der Waals surface area contributed by atoms with E-state index in [1.807, 2.05) is 4.57 Å². The van der Waals surface area contributed by atoms with E-state index in [0.29, 0.717) is 24.4 Å². The summed E-state index contributed by atoms with van der Waals surface area (Å²) in [5.74, 6) is 1.05. The number of imidazole rings is 1. The van der Waals surface area contributed by atoms with Crippen molar-refractivity contribution in [2.45, 2.75) is 18.8 Å². The molecule has 0 unspecified atom stereocenters. The molecule has 1 aromatic carbocycles. The molecule has 0 fully saturated rings. The van der Waals surface area contributed by atoms with Crippen LogP contribution in [0.5, 0.6) is 0 Å². The summed E-state index contributed by atoms with van der Waals surface area (Å²) in [5, 5.41) is 8.95. The number of hydrogen-bond acceptors (Lipinski definition) is 4. The van der Waals surface area contributed by atoms with Gasteiger partial charge in [-0.2, -0.15) is 5.26 Å². The molecular weight excluding hydrogens is 298 g/mol. The van der Waals surface area contributed by atoms with Crippen LogP contribution < -0.4 is 0 Å². The van der Waals surface area contributed by atoms with Crippen molar-refractivity contribution in [2.24, 2.45) is 0 Å². The Labute approximate surface area is 122 Å². The first-order chi connectivity index (χ1) is 9.44. The Kier molecular flexibility index (Phi) is 4.31. The summed E-state index contributed by atoms with van der Waals surface area (Å²) in [6, 6.07) is 7.31. The van der Waals surface area contributed by atoms with E-state index in [9.17, 15) is 8.42 Å². The second-order valence-corrected chi connectivity index (χ2v) is 7.14. The molecule has 0 aliphatic rings. The number of alkyl halides is 1. The largest absolute Gasteiger partial charge is 0.327 e. The Hall–Kier alpha value is -1.58. The van der Waals surface area contributed by atoms with Gasteiger partial charge in [-0.05, 0) is 24.6 Å². The molecule has 5 nitrogen and oxygen atoms in total. The monoisotopic (exact) mass is 311 g/mol. The number of aromatic nitrogens is 2. The summed E-state index contributed by atoms with van der Waals surface area (Å²) in [4.78, 5) is 4.39. The number of aryl methyl sites for hydroxylation is 1. The zero-order valence-corrected chi connectivity index (χ0v) is 12.6. The van der Waals surface area contributed by atoms with Gasteiger partial charge in [0.05, 0.1) is 34.3 Å². The summed E-state index contributed by atoms with van der Waals surface area (Å²) >= 11 is 5.88. The van der Waals surface area contributed by atoms with E-state index >= 15 is 0 Å². The third-order valence-electron chi connectivity index (χ3n) is 2.97. The molecule has 0 saturated carbocycles. The fourth-order valence-corrected chi connectivity index (χ4v) is 2.94. The zero-order valence-electron chi connectivity index (χ0n) is 11.0. The second-order valence-electron chi connectivity index (χ2n) is 4.61. The highest BCUT2D eigenvalue weighted by molar-refractivity contribution is 7.90. The van der Waals surface area contributed by atoms with Crippen molar-refractivity contribution < 1.29 is 8.42 Å². The van der Waals surface area contributed by atoms with Crippen LogP contribution in [0.1, 0.15) is 17.8 Å². The lowest BCUT2D eigenvalue weighted by atomic mass is 10.2. The van der Waals surface area contributed by atoms with Gasteiger partial charge in [-0.15, -0.1) is 11.6 Å². The SMILES string of the molecule is CS(=O)(=O)CCCn1c(CCl)nc2ccc(C#N)cc21. The maximum Gasteiger partial charge on any atom is 0.147 e. The van der Waals surface area contributed by atoms with Gasteiger partial charge >= 0.3 is 0 Å². The van der Waals surface area contributed by atoms with E-state index in [1.54, 1.807) is 18.2 Å². The van der Waals surface area contributed by atoms with Gasteiger partial charge in [0.15, 0.2) is 0 Å². The first-order valence-electron chi connectivity index (χ1n) is 6.07. The fraction of sp³-hybridized carbons (Fsp3) is 0.385. The Morgan fingerprint density at radius 3 is 2.80 bits per heavy atom. The molecule has 0 atom stereocenters. The van der Waals surface area contributed by atoms with E-state index in [0.717, 1.165) is 11.0 Å². The molecule has 1 heterocycles. The number of fused-ring (bicyclic) bond motifs is 1. The first-order valence-corrected chi connectivity index (χ1v) is 8.67. The lowest BCUT2D eigenvalue weighted by molar-refractivity contribution is 0.591. The number of nitrogens with zero attached hydrogens (tertiary/aromatic N) is 3. The summed E-state index contributed by atoms with van der Waals surface area (Å²) < 4.78 is 24.3. The highest BCUT2D eigenvalue weighted by atomic mass is 35.5. The minimum Gasteiger partial charge on any atom is -0.327 e. The summed E-state index contributed by atoms with van der Waals surface area (Å²) in [6.45, 7) is 0.514. The maximum absolute atomic E-state index is 11.2. The number of nitriles is 1. The lowest BCUT2D eigenvalue weighted by Crippen LogP contribution is -2.09. The molecule has 20 heavy (non-hydrogen) atoms. The van der Waals surface area contributed by atoms with Crippen molar-refractivity contribution in [3.05, 3.63) is 29.6 Å². The van der Waals surface area contributed by atoms with Crippen molar-refractivity contribution in [1.82, 2.24) is 9.55 Å². The van der Waals surface area contributed by atoms with Crippen molar-refractivity contribution in [3.63, 3.8) is 0 Å². The Morgan fingerprint density at radius 1 is 1.45 bits per heavy atom. The molecule has 0 spiro atoms.